The van der Waals surface area contributed by atoms with Crippen molar-refractivity contribution in [2.45, 2.75) is 6.92 Å². The standard InChI is InChI=1S/C14H13N5O4/c1-7-6-19(18-17-7)13-11-10(9(22-2)5-16-13)8(4-15-11)12(20)14(21)23-3/h4-6,15H,1-3H3. The number of ketones is 1. The second kappa shape index (κ2) is 5.52. The van der Waals surface area contributed by atoms with E-state index < -0.39 is 11.8 Å². The average Bonchev–Trinajstić information content (AvgIpc) is 3.19. The molecule has 0 aliphatic carbocycles. The van der Waals surface area contributed by atoms with Crippen LogP contribution in [0.5, 0.6) is 5.75 Å². The molecule has 0 saturated heterocycles. The summed E-state index contributed by atoms with van der Waals surface area (Å²) in [6.45, 7) is 1.80. The summed E-state index contributed by atoms with van der Waals surface area (Å²) in [5.74, 6) is -0.939. The van der Waals surface area contributed by atoms with E-state index in [1.165, 1.54) is 24.2 Å². The molecule has 0 saturated carbocycles. The van der Waals surface area contributed by atoms with Gasteiger partial charge >= 0.3 is 5.97 Å². The van der Waals surface area contributed by atoms with Crippen molar-refractivity contribution in [2.75, 3.05) is 14.2 Å². The number of pyridine rings is 1. The molecule has 118 valence electrons. The van der Waals surface area contributed by atoms with Crippen molar-refractivity contribution in [1.29, 1.82) is 0 Å². The summed E-state index contributed by atoms with van der Waals surface area (Å²) in [4.78, 5) is 30.9. The van der Waals surface area contributed by atoms with E-state index >= 15 is 0 Å². The molecule has 9 heteroatoms. The lowest BCUT2D eigenvalue weighted by Gasteiger charge is -2.07. The van der Waals surface area contributed by atoms with Gasteiger partial charge in [-0.2, -0.15) is 4.68 Å². The van der Waals surface area contributed by atoms with Crippen LogP contribution < -0.4 is 4.74 Å². The molecule has 0 spiro atoms. The van der Waals surface area contributed by atoms with Gasteiger partial charge in [0, 0.05) is 6.20 Å². The Morgan fingerprint density at radius 1 is 1.30 bits per heavy atom. The number of nitrogens with zero attached hydrogens (tertiary/aromatic N) is 4. The number of Topliss-reactive ketones (excluding diaryl/α,β-unsaturated/α-hetero) is 1. The zero-order chi connectivity index (χ0) is 16.6. The van der Waals surface area contributed by atoms with Crippen LogP contribution in [0.4, 0.5) is 0 Å². The van der Waals surface area contributed by atoms with Crippen molar-refractivity contribution in [1.82, 2.24) is 25.0 Å². The van der Waals surface area contributed by atoms with Crippen LogP contribution in [0.15, 0.2) is 18.6 Å². The van der Waals surface area contributed by atoms with Crippen molar-refractivity contribution in [3.63, 3.8) is 0 Å². The number of rotatable bonds is 4. The molecular weight excluding hydrogens is 302 g/mol. The second-order valence-corrected chi connectivity index (χ2v) is 4.73. The van der Waals surface area contributed by atoms with Crippen LogP contribution in [0.25, 0.3) is 16.7 Å². The van der Waals surface area contributed by atoms with E-state index in [4.69, 9.17) is 4.74 Å². The van der Waals surface area contributed by atoms with Crippen molar-refractivity contribution in [3.8, 4) is 11.6 Å². The van der Waals surface area contributed by atoms with E-state index in [0.29, 0.717) is 28.2 Å². The quantitative estimate of drug-likeness (QED) is 0.431. The summed E-state index contributed by atoms with van der Waals surface area (Å²) in [7, 11) is 2.60. The molecular formula is C14H13N5O4. The molecule has 3 heterocycles. The highest BCUT2D eigenvalue weighted by atomic mass is 16.5. The molecule has 3 aromatic heterocycles. The van der Waals surface area contributed by atoms with Gasteiger partial charge < -0.3 is 14.5 Å². The Bertz CT molecular complexity index is 911. The van der Waals surface area contributed by atoms with Crippen LogP contribution in [0, 0.1) is 6.92 Å². The number of ether oxygens (including phenoxy) is 2. The number of carbonyl (C=O) groups excluding carboxylic acids is 2. The van der Waals surface area contributed by atoms with Crippen LogP contribution >= 0.6 is 0 Å². The van der Waals surface area contributed by atoms with E-state index in [0.717, 1.165) is 7.11 Å². The molecule has 0 fully saturated rings. The molecule has 1 N–H and O–H groups in total. The van der Waals surface area contributed by atoms with Gasteiger partial charge in [0.25, 0.3) is 5.78 Å². The molecule has 9 nitrogen and oxygen atoms in total. The normalized spacial score (nSPS) is 10.7. The number of H-pyrrole nitrogens is 1. The third kappa shape index (κ3) is 2.31. The maximum absolute atomic E-state index is 12.2. The SMILES string of the molecule is COC(=O)C(=O)c1c[nH]c2c(-n3cc(C)nn3)ncc(OC)c12. The summed E-state index contributed by atoms with van der Waals surface area (Å²) in [5, 5.41) is 8.31. The summed E-state index contributed by atoms with van der Waals surface area (Å²) in [6, 6.07) is 0. The highest BCUT2D eigenvalue weighted by Crippen LogP contribution is 2.31. The first-order chi connectivity index (χ1) is 11.1. The van der Waals surface area contributed by atoms with E-state index in [9.17, 15) is 9.59 Å². The molecule has 0 unspecified atom stereocenters. The molecule has 3 rings (SSSR count). The fourth-order valence-electron chi connectivity index (χ4n) is 2.27. The molecule has 0 aromatic carbocycles. The Labute approximate surface area is 130 Å². The maximum atomic E-state index is 12.2. The number of hydrogen-bond acceptors (Lipinski definition) is 7. The monoisotopic (exact) mass is 315 g/mol. The molecule has 3 aromatic rings. The number of nitrogens with one attached hydrogen (secondary N) is 1. The first kappa shape index (κ1) is 14.7. The van der Waals surface area contributed by atoms with Crippen LogP contribution in [-0.2, 0) is 9.53 Å². The minimum absolute atomic E-state index is 0.143. The fourth-order valence-corrected chi connectivity index (χ4v) is 2.27. The van der Waals surface area contributed by atoms with Gasteiger partial charge in [-0.05, 0) is 6.92 Å². The zero-order valence-electron chi connectivity index (χ0n) is 12.7. The lowest BCUT2D eigenvalue weighted by atomic mass is 10.1. The largest absolute Gasteiger partial charge is 0.494 e. The van der Waals surface area contributed by atoms with Crippen LogP contribution in [0.1, 0.15) is 16.1 Å². The second-order valence-electron chi connectivity index (χ2n) is 4.73. The highest BCUT2D eigenvalue weighted by Gasteiger charge is 2.25. The van der Waals surface area contributed by atoms with Gasteiger partial charge in [0.2, 0.25) is 0 Å². The van der Waals surface area contributed by atoms with Crippen molar-refractivity contribution in [3.05, 3.63) is 29.8 Å². The molecule has 0 bridgehead atoms. The summed E-state index contributed by atoms with van der Waals surface area (Å²) < 4.78 is 11.2. The molecule has 0 amide bonds. The third-order valence-corrected chi connectivity index (χ3v) is 3.31. The number of hydrogen-bond donors (Lipinski definition) is 1. The summed E-state index contributed by atoms with van der Waals surface area (Å²) in [6.07, 6.45) is 4.56. The molecule has 23 heavy (non-hydrogen) atoms. The van der Waals surface area contributed by atoms with Gasteiger partial charge in [0.15, 0.2) is 5.82 Å². The molecule has 0 atom stereocenters. The summed E-state index contributed by atoms with van der Waals surface area (Å²) in [5.41, 5.74) is 1.36. The number of aryl methyl sites for hydroxylation is 1. The van der Waals surface area contributed by atoms with Crippen molar-refractivity contribution >= 4 is 22.7 Å². The number of esters is 1. The van der Waals surface area contributed by atoms with Crippen LogP contribution in [-0.4, -0.2) is 50.9 Å². The average molecular weight is 315 g/mol. The lowest BCUT2D eigenvalue weighted by Crippen LogP contribution is -2.15. The van der Waals surface area contributed by atoms with Crippen LogP contribution in [0.3, 0.4) is 0 Å². The van der Waals surface area contributed by atoms with E-state index in [2.05, 4.69) is 25.0 Å². The first-order valence-corrected chi connectivity index (χ1v) is 6.62. The Hall–Kier alpha value is -3.23. The van der Waals surface area contributed by atoms with E-state index in [1.807, 2.05) is 0 Å². The number of aromatic nitrogens is 5. The van der Waals surface area contributed by atoms with Gasteiger partial charge in [-0.15, -0.1) is 5.10 Å². The molecule has 0 aliphatic heterocycles. The fraction of sp³-hybridized carbons (Fsp3) is 0.214. The Kier molecular flexibility index (Phi) is 3.53. The van der Waals surface area contributed by atoms with Gasteiger partial charge in [-0.1, -0.05) is 5.21 Å². The predicted molar refractivity (Wildman–Crippen MR) is 78.6 cm³/mol. The maximum Gasteiger partial charge on any atom is 0.379 e. The Morgan fingerprint density at radius 2 is 2.09 bits per heavy atom. The van der Waals surface area contributed by atoms with Gasteiger partial charge in [-0.3, -0.25) is 4.79 Å². The van der Waals surface area contributed by atoms with E-state index in [-0.39, 0.29) is 5.56 Å². The van der Waals surface area contributed by atoms with Crippen molar-refractivity contribution in [2.24, 2.45) is 0 Å². The van der Waals surface area contributed by atoms with E-state index in [1.54, 1.807) is 13.1 Å². The zero-order valence-corrected chi connectivity index (χ0v) is 12.7. The lowest BCUT2D eigenvalue weighted by molar-refractivity contribution is -0.135. The Balaban J connectivity index is 2.26. The minimum atomic E-state index is -0.956. The van der Waals surface area contributed by atoms with Crippen molar-refractivity contribution < 1.29 is 19.1 Å². The minimum Gasteiger partial charge on any atom is -0.494 e. The smallest absolute Gasteiger partial charge is 0.379 e. The highest BCUT2D eigenvalue weighted by molar-refractivity contribution is 6.43. The molecule has 0 aliphatic rings. The molecule has 0 radical (unpaired) electrons. The van der Waals surface area contributed by atoms with Gasteiger partial charge in [0.05, 0.1) is 48.8 Å². The topological polar surface area (TPSA) is 112 Å². The predicted octanol–water partition coefficient (Wildman–Crippen LogP) is 0.816. The Morgan fingerprint density at radius 3 is 2.70 bits per heavy atom. The number of fused-ring (bicyclic) bond motifs is 1. The van der Waals surface area contributed by atoms with Gasteiger partial charge in [-0.25, -0.2) is 9.78 Å². The number of aromatic amines is 1. The number of carbonyl (C=O) groups is 2. The van der Waals surface area contributed by atoms with Gasteiger partial charge in [0.1, 0.15) is 5.75 Å². The number of methoxy groups -OCH3 is 2. The van der Waals surface area contributed by atoms with Crippen LogP contribution in [0.2, 0.25) is 0 Å². The first-order valence-electron chi connectivity index (χ1n) is 6.62. The summed E-state index contributed by atoms with van der Waals surface area (Å²) >= 11 is 0. The third-order valence-electron chi connectivity index (χ3n) is 3.31.